The van der Waals surface area contributed by atoms with E-state index in [2.05, 4.69) is 10.8 Å². The smallest absolute Gasteiger partial charge is 0.405 e. The van der Waals surface area contributed by atoms with Crippen LogP contribution in [0.25, 0.3) is 21.8 Å². The van der Waals surface area contributed by atoms with Gasteiger partial charge in [-0.2, -0.15) is 0 Å². The van der Waals surface area contributed by atoms with Crippen molar-refractivity contribution in [2.75, 3.05) is 7.11 Å². The summed E-state index contributed by atoms with van der Waals surface area (Å²) >= 11 is 0. The van der Waals surface area contributed by atoms with Gasteiger partial charge in [-0.05, 0) is 42.0 Å². The van der Waals surface area contributed by atoms with Crippen LogP contribution < -0.4 is 10.5 Å². The summed E-state index contributed by atoms with van der Waals surface area (Å²) in [6.45, 7) is 0.420. The third kappa shape index (κ3) is 4.06. The Morgan fingerprint density at radius 1 is 1.13 bits per heavy atom. The van der Waals surface area contributed by atoms with Crippen LogP contribution in [0.1, 0.15) is 21.5 Å². The lowest BCUT2D eigenvalue weighted by molar-refractivity contribution is -0.274. The molecule has 0 aliphatic rings. The van der Waals surface area contributed by atoms with E-state index in [9.17, 15) is 18.0 Å². The molecule has 0 saturated heterocycles. The standard InChI is InChI=1S/C23H18F3N2O3/c1-30-13-14-9-10-16-19(11-14)28(18-7-4-6-17(21(16)18)22(27)29)12-15-5-2-3-8-20(15)31-23(24,25)26/h2-9,11H,12-13H2,1H3,(H2,27,29). The molecule has 8 heteroatoms. The number of amides is 1. The topological polar surface area (TPSA) is 66.5 Å². The number of methoxy groups -OCH3 is 1. The van der Waals surface area contributed by atoms with Gasteiger partial charge in [0, 0.05) is 29.0 Å². The van der Waals surface area contributed by atoms with E-state index in [1.807, 2.05) is 10.6 Å². The SMILES string of the molecule is COCc1c[c]c2c3c(C(N)=O)cccc3n(Cc3ccccc3OC(F)(F)F)c2c1. The summed E-state index contributed by atoms with van der Waals surface area (Å²) in [7, 11) is 1.57. The number of benzene rings is 3. The molecule has 5 nitrogen and oxygen atoms in total. The molecule has 2 N–H and O–H groups in total. The lowest BCUT2D eigenvalue weighted by atomic mass is 10.0. The Labute approximate surface area is 175 Å². The Kier molecular flexibility index (Phi) is 5.32. The fraction of sp³-hybridized carbons (Fsp3) is 0.174. The Bertz CT molecular complexity index is 1280. The number of hydrogen-bond donors (Lipinski definition) is 1. The van der Waals surface area contributed by atoms with E-state index in [-0.39, 0.29) is 12.3 Å². The van der Waals surface area contributed by atoms with Crippen LogP contribution in [0.3, 0.4) is 0 Å². The van der Waals surface area contributed by atoms with Gasteiger partial charge in [0.15, 0.2) is 0 Å². The van der Waals surface area contributed by atoms with E-state index in [4.69, 9.17) is 10.5 Å². The van der Waals surface area contributed by atoms with Gasteiger partial charge in [-0.3, -0.25) is 4.79 Å². The van der Waals surface area contributed by atoms with Crippen LogP contribution in [0.4, 0.5) is 13.2 Å². The largest absolute Gasteiger partial charge is 0.573 e. The highest BCUT2D eigenvalue weighted by Gasteiger charge is 2.32. The van der Waals surface area contributed by atoms with Crippen LogP contribution >= 0.6 is 0 Å². The normalized spacial score (nSPS) is 11.9. The lowest BCUT2D eigenvalue weighted by Gasteiger charge is -2.15. The number of fused-ring (bicyclic) bond motifs is 3. The minimum absolute atomic E-state index is 0.0821. The summed E-state index contributed by atoms with van der Waals surface area (Å²) in [6, 6.07) is 17.9. The summed E-state index contributed by atoms with van der Waals surface area (Å²) in [5.74, 6) is -0.882. The Balaban J connectivity index is 1.96. The number of carbonyl (C=O) groups excluding carboxylic acids is 1. The van der Waals surface area contributed by atoms with Crippen molar-refractivity contribution < 1.29 is 27.4 Å². The number of para-hydroxylation sites is 1. The van der Waals surface area contributed by atoms with E-state index in [0.717, 1.165) is 5.56 Å². The molecule has 0 saturated carbocycles. The predicted molar refractivity (Wildman–Crippen MR) is 110 cm³/mol. The third-order valence-electron chi connectivity index (χ3n) is 4.96. The second-order valence-electron chi connectivity index (χ2n) is 7.01. The Morgan fingerprint density at radius 3 is 2.61 bits per heavy atom. The number of nitrogens with two attached hydrogens (primary N) is 1. The number of carbonyl (C=O) groups is 1. The Hall–Kier alpha value is -3.52. The van der Waals surface area contributed by atoms with Crippen molar-refractivity contribution in [2.24, 2.45) is 5.73 Å². The predicted octanol–water partition coefficient (Wildman–Crippen LogP) is 4.79. The molecule has 1 heterocycles. The van der Waals surface area contributed by atoms with Crippen molar-refractivity contribution in [1.82, 2.24) is 4.57 Å². The number of halogens is 3. The molecule has 31 heavy (non-hydrogen) atoms. The number of hydrogen-bond acceptors (Lipinski definition) is 3. The maximum Gasteiger partial charge on any atom is 0.573 e. The minimum atomic E-state index is -4.81. The van der Waals surface area contributed by atoms with Crippen molar-refractivity contribution >= 4 is 27.7 Å². The van der Waals surface area contributed by atoms with Crippen molar-refractivity contribution in [3.05, 3.63) is 77.4 Å². The molecule has 0 atom stereocenters. The first kappa shape index (κ1) is 20.7. The highest BCUT2D eigenvalue weighted by atomic mass is 19.4. The molecule has 1 radical (unpaired) electrons. The van der Waals surface area contributed by atoms with Gasteiger partial charge in [-0.15, -0.1) is 13.2 Å². The van der Waals surface area contributed by atoms with Gasteiger partial charge in [0.05, 0.1) is 24.2 Å². The number of rotatable bonds is 6. The number of primary amides is 1. The summed E-state index contributed by atoms with van der Waals surface area (Å²) in [5.41, 5.74) is 8.41. The van der Waals surface area contributed by atoms with Crippen molar-refractivity contribution in [3.8, 4) is 5.75 Å². The molecule has 0 spiro atoms. The average Bonchev–Trinajstić information content (AvgIpc) is 3.02. The van der Waals surface area contributed by atoms with Crippen molar-refractivity contribution in [3.63, 3.8) is 0 Å². The fourth-order valence-corrected chi connectivity index (χ4v) is 3.75. The summed E-state index contributed by atoms with van der Waals surface area (Å²) in [4.78, 5) is 12.0. The van der Waals surface area contributed by atoms with E-state index in [1.54, 1.807) is 43.5 Å². The lowest BCUT2D eigenvalue weighted by Crippen LogP contribution is -2.18. The molecule has 4 aromatic rings. The average molecular weight is 427 g/mol. The zero-order valence-electron chi connectivity index (χ0n) is 16.5. The number of ether oxygens (including phenoxy) is 2. The fourth-order valence-electron chi connectivity index (χ4n) is 3.75. The molecule has 159 valence electrons. The van der Waals surface area contributed by atoms with E-state index in [0.29, 0.717) is 39.5 Å². The summed E-state index contributed by atoms with van der Waals surface area (Å²) in [6.07, 6.45) is -4.81. The van der Waals surface area contributed by atoms with Crippen LogP contribution in [-0.4, -0.2) is 23.9 Å². The van der Waals surface area contributed by atoms with Gasteiger partial charge in [0.2, 0.25) is 5.91 Å². The number of aromatic nitrogens is 1. The third-order valence-corrected chi connectivity index (χ3v) is 4.96. The van der Waals surface area contributed by atoms with E-state index in [1.165, 1.54) is 12.1 Å². The Morgan fingerprint density at radius 2 is 1.90 bits per heavy atom. The number of nitrogens with zero attached hydrogens (tertiary/aromatic N) is 1. The highest BCUT2D eigenvalue weighted by molar-refractivity contribution is 6.17. The zero-order chi connectivity index (χ0) is 22.2. The summed E-state index contributed by atoms with van der Waals surface area (Å²) < 4.78 is 49.9. The second kappa shape index (κ2) is 7.96. The van der Waals surface area contributed by atoms with Gasteiger partial charge in [-0.1, -0.05) is 24.3 Å². The number of alkyl halides is 3. The molecule has 3 aromatic carbocycles. The van der Waals surface area contributed by atoms with Crippen LogP contribution in [0.2, 0.25) is 0 Å². The highest BCUT2D eigenvalue weighted by Crippen LogP contribution is 2.34. The van der Waals surface area contributed by atoms with E-state index < -0.39 is 12.3 Å². The van der Waals surface area contributed by atoms with Crippen LogP contribution in [0.15, 0.2) is 54.6 Å². The monoisotopic (exact) mass is 427 g/mol. The van der Waals surface area contributed by atoms with Gasteiger partial charge < -0.3 is 19.8 Å². The van der Waals surface area contributed by atoms with Gasteiger partial charge in [0.1, 0.15) is 5.75 Å². The van der Waals surface area contributed by atoms with Crippen LogP contribution in [-0.2, 0) is 17.9 Å². The van der Waals surface area contributed by atoms with Crippen molar-refractivity contribution in [1.29, 1.82) is 0 Å². The molecule has 0 fully saturated rings. The maximum atomic E-state index is 12.9. The molecule has 1 amide bonds. The second-order valence-corrected chi connectivity index (χ2v) is 7.01. The minimum Gasteiger partial charge on any atom is -0.405 e. The van der Waals surface area contributed by atoms with Crippen LogP contribution in [0, 0.1) is 6.07 Å². The molecule has 4 rings (SSSR count). The quantitative estimate of drug-likeness (QED) is 0.481. The molecule has 1 aromatic heterocycles. The molecule has 0 aliphatic heterocycles. The van der Waals surface area contributed by atoms with Gasteiger partial charge >= 0.3 is 6.36 Å². The summed E-state index contributed by atoms with van der Waals surface area (Å²) in [5, 5.41) is 1.25. The van der Waals surface area contributed by atoms with Crippen molar-refractivity contribution in [2.45, 2.75) is 19.5 Å². The molecular formula is C23H18F3N2O3. The van der Waals surface area contributed by atoms with Crippen LogP contribution in [0.5, 0.6) is 5.75 Å². The molecule has 0 unspecified atom stereocenters. The van der Waals surface area contributed by atoms with Gasteiger partial charge in [0.25, 0.3) is 0 Å². The zero-order valence-corrected chi connectivity index (χ0v) is 16.5. The molecule has 0 aliphatic carbocycles. The first-order valence-corrected chi connectivity index (χ1v) is 9.36. The van der Waals surface area contributed by atoms with Gasteiger partial charge in [-0.25, -0.2) is 0 Å². The molecule has 0 bridgehead atoms. The molecular weight excluding hydrogens is 409 g/mol. The van der Waals surface area contributed by atoms with E-state index >= 15 is 0 Å². The maximum absolute atomic E-state index is 12.9. The first-order valence-electron chi connectivity index (χ1n) is 9.36. The first-order chi connectivity index (χ1) is 14.8.